The molecule has 2 aliphatic rings. The number of allylic oxidation sites excluding steroid dienone is 10. The van der Waals surface area contributed by atoms with E-state index in [0.29, 0.717) is 5.57 Å². The number of carboxylic acids is 1. The summed E-state index contributed by atoms with van der Waals surface area (Å²) >= 11 is 1.51. The summed E-state index contributed by atoms with van der Waals surface area (Å²) in [6.45, 7) is 7.79. The van der Waals surface area contributed by atoms with Gasteiger partial charge in [0, 0.05) is 41.6 Å². The van der Waals surface area contributed by atoms with Gasteiger partial charge in [0.05, 0.1) is 11.3 Å². The normalized spacial score (nSPS) is 20.6. The molecule has 1 aromatic rings. The number of carboxylic acid groups (broad SMARTS) is 1. The Kier molecular flexibility index (Phi) is 8.15. The molecule has 7 heteroatoms. The second-order valence-corrected chi connectivity index (χ2v) is 10.3. The standard InChI is InChI=1S/C29H32N2O4S/c1-7-9-10-12-21-18-31(6)25(36-21)16-23-27(34)22(28(23)35)15-24-29(3,4)20(17-30(24)5)13-19(11-8-2)14-26(32)33/h7-13,15-18H,14H2,1-6H3,(H-,32,33,34,35)/b9-7-,11-8-,12-10-,19-13+. The number of Topliss-reactive ketones (excluding diaryl/α,β-unsaturated/α-hetero) is 1. The molecule has 0 unspecified atom stereocenters. The lowest BCUT2D eigenvalue weighted by Crippen LogP contribution is -2.32. The maximum absolute atomic E-state index is 13.0. The van der Waals surface area contributed by atoms with Crippen LogP contribution in [-0.2, 0) is 16.6 Å². The first-order chi connectivity index (χ1) is 17.0. The van der Waals surface area contributed by atoms with Crippen molar-refractivity contribution in [3.8, 4) is 0 Å². The summed E-state index contributed by atoms with van der Waals surface area (Å²) in [4.78, 5) is 27.1. The molecule has 0 fully saturated rings. The highest BCUT2D eigenvalue weighted by atomic mass is 32.1. The van der Waals surface area contributed by atoms with Gasteiger partial charge in [-0.1, -0.05) is 67.4 Å². The number of rotatable bonds is 8. The van der Waals surface area contributed by atoms with Gasteiger partial charge in [0.15, 0.2) is 12.0 Å². The predicted molar refractivity (Wildman–Crippen MR) is 142 cm³/mol. The molecular weight excluding hydrogens is 472 g/mol. The minimum atomic E-state index is -0.902. The van der Waals surface area contributed by atoms with Gasteiger partial charge in [0.2, 0.25) is 0 Å². The summed E-state index contributed by atoms with van der Waals surface area (Å²) in [6.07, 6.45) is 20.4. The van der Waals surface area contributed by atoms with Crippen molar-refractivity contribution >= 4 is 35.2 Å². The van der Waals surface area contributed by atoms with Crippen LogP contribution in [0.25, 0.3) is 12.2 Å². The summed E-state index contributed by atoms with van der Waals surface area (Å²) in [5.41, 5.74) is 2.23. The molecule has 0 amide bonds. The molecule has 3 rings (SSSR count). The zero-order valence-electron chi connectivity index (χ0n) is 21.5. The Morgan fingerprint density at radius 1 is 1.22 bits per heavy atom. The lowest BCUT2D eigenvalue weighted by molar-refractivity contribution is -0.668. The molecule has 1 aromatic heterocycles. The van der Waals surface area contributed by atoms with Crippen LogP contribution >= 0.6 is 11.3 Å². The number of thiazole rings is 1. The average molecular weight is 505 g/mol. The molecule has 0 saturated carbocycles. The van der Waals surface area contributed by atoms with Gasteiger partial charge in [-0.2, -0.15) is 4.57 Å². The Morgan fingerprint density at radius 2 is 1.94 bits per heavy atom. The maximum atomic E-state index is 13.0. The minimum Gasteiger partial charge on any atom is -0.871 e. The molecular formula is C29H32N2O4S. The van der Waals surface area contributed by atoms with Gasteiger partial charge in [0.25, 0.3) is 5.01 Å². The molecule has 0 aromatic carbocycles. The maximum Gasteiger partial charge on any atom is 0.307 e. The topological polar surface area (TPSA) is 84.5 Å². The number of nitrogens with zero attached hydrogens (tertiary/aromatic N) is 2. The van der Waals surface area contributed by atoms with E-state index in [0.717, 1.165) is 21.2 Å². The number of hydrogen-bond acceptors (Lipinski definition) is 5. The molecule has 2 heterocycles. The number of aliphatic carboxylic acids is 1. The van der Waals surface area contributed by atoms with Crippen molar-refractivity contribution < 1.29 is 24.4 Å². The minimum absolute atomic E-state index is 0.0873. The molecule has 0 atom stereocenters. The monoisotopic (exact) mass is 504 g/mol. The summed E-state index contributed by atoms with van der Waals surface area (Å²) in [5, 5.41) is 23.0. The lowest BCUT2D eigenvalue weighted by Gasteiger charge is -2.32. The van der Waals surface area contributed by atoms with Crippen LogP contribution in [0.1, 0.15) is 44.0 Å². The molecule has 1 aliphatic heterocycles. The van der Waals surface area contributed by atoms with E-state index in [4.69, 9.17) is 0 Å². The third kappa shape index (κ3) is 5.57. The Morgan fingerprint density at radius 3 is 2.56 bits per heavy atom. The van der Waals surface area contributed by atoms with Crippen molar-refractivity contribution in [2.45, 2.75) is 34.1 Å². The Labute approximate surface area is 216 Å². The van der Waals surface area contributed by atoms with E-state index in [2.05, 4.69) is 0 Å². The van der Waals surface area contributed by atoms with Gasteiger partial charge in [-0.15, -0.1) is 0 Å². The van der Waals surface area contributed by atoms with Gasteiger partial charge in [-0.3, -0.25) is 9.59 Å². The molecule has 0 spiro atoms. The highest BCUT2D eigenvalue weighted by molar-refractivity contribution is 7.13. The molecule has 1 aliphatic carbocycles. The van der Waals surface area contributed by atoms with Gasteiger partial charge < -0.3 is 15.1 Å². The van der Waals surface area contributed by atoms with Crippen molar-refractivity contribution in [2.75, 3.05) is 7.05 Å². The smallest absolute Gasteiger partial charge is 0.307 e. The van der Waals surface area contributed by atoms with Gasteiger partial charge in [0.1, 0.15) is 7.05 Å². The van der Waals surface area contributed by atoms with Crippen molar-refractivity contribution in [1.82, 2.24) is 4.90 Å². The largest absolute Gasteiger partial charge is 0.871 e. The molecule has 0 radical (unpaired) electrons. The third-order valence-electron chi connectivity index (χ3n) is 6.13. The van der Waals surface area contributed by atoms with Crippen LogP contribution in [0.3, 0.4) is 0 Å². The Balaban J connectivity index is 1.91. The van der Waals surface area contributed by atoms with Crippen LogP contribution in [0.5, 0.6) is 0 Å². The second kappa shape index (κ2) is 10.9. The molecule has 36 heavy (non-hydrogen) atoms. The first-order valence-electron chi connectivity index (χ1n) is 11.7. The van der Waals surface area contributed by atoms with E-state index in [-0.39, 0.29) is 29.1 Å². The van der Waals surface area contributed by atoms with E-state index >= 15 is 0 Å². The fraction of sp³-hybridized carbons (Fsp3) is 0.276. The van der Waals surface area contributed by atoms with Gasteiger partial charge in [-0.25, -0.2) is 0 Å². The number of carbonyl (C=O) groups is 2. The van der Waals surface area contributed by atoms with Gasteiger partial charge >= 0.3 is 5.97 Å². The van der Waals surface area contributed by atoms with Crippen molar-refractivity contribution in [1.29, 1.82) is 0 Å². The lowest BCUT2D eigenvalue weighted by atomic mass is 9.79. The van der Waals surface area contributed by atoms with E-state index in [1.807, 2.05) is 100 Å². The summed E-state index contributed by atoms with van der Waals surface area (Å²) < 4.78 is 1.90. The molecule has 6 nitrogen and oxygen atoms in total. The fourth-order valence-electron chi connectivity index (χ4n) is 4.17. The summed E-state index contributed by atoms with van der Waals surface area (Å²) in [7, 11) is 3.75. The number of aryl methyl sites for hydroxylation is 1. The summed E-state index contributed by atoms with van der Waals surface area (Å²) in [5.74, 6) is -1.43. The zero-order valence-corrected chi connectivity index (χ0v) is 22.3. The Bertz CT molecular complexity index is 1330. The van der Waals surface area contributed by atoms with Gasteiger partial charge in [-0.05, 0) is 37.1 Å². The van der Waals surface area contributed by atoms with Crippen LogP contribution < -0.4 is 9.67 Å². The van der Waals surface area contributed by atoms with E-state index in [1.54, 1.807) is 18.2 Å². The van der Waals surface area contributed by atoms with Crippen LogP contribution in [0, 0.1) is 5.41 Å². The second-order valence-electron chi connectivity index (χ2n) is 9.24. The summed E-state index contributed by atoms with van der Waals surface area (Å²) in [6, 6.07) is 0. The zero-order chi connectivity index (χ0) is 26.6. The van der Waals surface area contributed by atoms with E-state index in [9.17, 15) is 19.8 Å². The SMILES string of the molecule is C/C=C\C=C/c1c[n+](C)c(C=C2C(=O)C(C=C3N(C)C=C(/C=C(\C=C/C)CC(=O)O)C3(C)C)=C2[O-])s1. The van der Waals surface area contributed by atoms with Crippen molar-refractivity contribution in [3.63, 3.8) is 0 Å². The fourth-order valence-corrected chi connectivity index (χ4v) is 5.15. The molecule has 1 N–H and O–H groups in total. The highest BCUT2D eigenvalue weighted by Crippen LogP contribution is 2.45. The van der Waals surface area contributed by atoms with Crippen molar-refractivity contribution in [2.24, 2.45) is 12.5 Å². The highest BCUT2D eigenvalue weighted by Gasteiger charge is 2.37. The molecule has 0 bridgehead atoms. The van der Waals surface area contributed by atoms with Crippen molar-refractivity contribution in [3.05, 3.63) is 98.6 Å². The average Bonchev–Trinajstić information content (AvgIpc) is 3.25. The predicted octanol–water partition coefficient (Wildman–Crippen LogP) is 4.46. The van der Waals surface area contributed by atoms with Crippen LogP contribution in [0.15, 0.2) is 88.7 Å². The number of aromatic nitrogens is 1. The quantitative estimate of drug-likeness (QED) is 0.321. The molecule has 188 valence electrons. The number of hydrogen-bond donors (Lipinski definition) is 1. The Hall–Kier alpha value is -3.71. The molecule has 0 saturated heterocycles. The first-order valence-corrected chi connectivity index (χ1v) is 12.5. The van der Waals surface area contributed by atoms with Crippen LogP contribution in [-0.4, -0.2) is 28.8 Å². The van der Waals surface area contributed by atoms with Crippen LogP contribution in [0.2, 0.25) is 0 Å². The van der Waals surface area contributed by atoms with Crippen LogP contribution in [0.4, 0.5) is 0 Å². The van der Waals surface area contributed by atoms with E-state index < -0.39 is 11.4 Å². The first kappa shape index (κ1) is 26.9. The third-order valence-corrected chi connectivity index (χ3v) is 7.23. The van der Waals surface area contributed by atoms with E-state index in [1.165, 1.54) is 11.3 Å². The number of carbonyl (C=O) groups excluding carboxylic acids is 1. The number of ketones is 1.